The Morgan fingerprint density at radius 2 is 1.94 bits per heavy atom. The summed E-state index contributed by atoms with van der Waals surface area (Å²) in [4.78, 5) is 0. The van der Waals surface area contributed by atoms with Gasteiger partial charge in [-0.25, -0.2) is 8.78 Å². The highest BCUT2D eigenvalue weighted by atomic mass is 19.1. The Balaban J connectivity index is 3.04. The number of nitrogens with two attached hydrogens (primary N) is 1. The first-order valence-electron chi connectivity index (χ1n) is 5.53. The fraction of sp³-hybridized carbons (Fsp3) is 0.538. The Morgan fingerprint density at radius 1 is 1.35 bits per heavy atom. The van der Waals surface area contributed by atoms with E-state index in [1.54, 1.807) is 14.0 Å². The van der Waals surface area contributed by atoms with Crippen molar-refractivity contribution >= 4 is 0 Å². The summed E-state index contributed by atoms with van der Waals surface area (Å²) in [6.07, 6.45) is 0.348. The minimum Gasteiger partial charge on any atom is -0.379 e. The third-order valence-electron chi connectivity index (χ3n) is 2.95. The second kappa shape index (κ2) is 5.10. The van der Waals surface area contributed by atoms with E-state index < -0.39 is 23.3 Å². The number of rotatable bonds is 4. The summed E-state index contributed by atoms with van der Waals surface area (Å²) < 4.78 is 32.6. The fourth-order valence-electron chi connectivity index (χ4n) is 1.73. The predicted molar refractivity (Wildman–Crippen MR) is 63.7 cm³/mol. The third-order valence-corrected chi connectivity index (χ3v) is 2.95. The SMILES string of the molecule is COC(C)(C)CC(N)c1c(F)ccc(C)c1F. The van der Waals surface area contributed by atoms with E-state index in [0.29, 0.717) is 12.0 Å². The molecule has 0 spiro atoms. The molecule has 1 atom stereocenters. The minimum absolute atomic E-state index is 0.0601. The van der Waals surface area contributed by atoms with E-state index in [1.165, 1.54) is 12.1 Å². The van der Waals surface area contributed by atoms with Gasteiger partial charge in [-0.1, -0.05) is 6.07 Å². The molecular formula is C13H19F2NO. The van der Waals surface area contributed by atoms with Crippen molar-refractivity contribution in [3.63, 3.8) is 0 Å². The largest absolute Gasteiger partial charge is 0.379 e. The molecule has 0 saturated heterocycles. The highest BCUT2D eigenvalue weighted by molar-refractivity contribution is 5.29. The van der Waals surface area contributed by atoms with Crippen LogP contribution in [0.25, 0.3) is 0 Å². The average molecular weight is 243 g/mol. The molecule has 1 unspecified atom stereocenters. The second-order valence-electron chi connectivity index (χ2n) is 4.87. The first-order valence-corrected chi connectivity index (χ1v) is 5.53. The number of benzene rings is 1. The Kier molecular flexibility index (Phi) is 4.22. The van der Waals surface area contributed by atoms with Crippen LogP contribution in [-0.4, -0.2) is 12.7 Å². The van der Waals surface area contributed by atoms with Crippen LogP contribution in [0.4, 0.5) is 8.78 Å². The van der Waals surface area contributed by atoms with Crippen molar-refractivity contribution in [2.24, 2.45) is 5.73 Å². The smallest absolute Gasteiger partial charge is 0.133 e. The third kappa shape index (κ3) is 3.23. The van der Waals surface area contributed by atoms with Crippen LogP contribution in [0.15, 0.2) is 12.1 Å². The van der Waals surface area contributed by atoms with E-state index in [2.05, 4.69) is 0 Å². The van der Waals surface area contributed by atoms with E-state index in [4.69, 9.17) is 10.5 Å². The van der Waals surface area contributed by atoms with Crippen LogP contribution in [0, 0.1) is 18.6 Å². The number of halogens is 2. The highest BCUT2D eigenvalue weighted by Crippen LogP contribution is 2.28. The molecule has 96 valence electrons. The Labute approximate surface area is 101 Å². The van der Waals surface area contributed by atoms with Gasteiger partial charge in [0.05, 0.1) is 5.60 Å². The molecule has 0 bridgehead atoms. The molecule has 17 heavy (non-hydrogen) atoms. The van der Waals surface area contributed by atoms with Crippen molar-refractivity contribution in [1.82, 2.24) is 0 Å². The molecule has 2 nitrogen and oxygen atoms in total. The normalized spacial score (nSPS) is 13.8. The van der Waals surface area contributed by atoms with Gasteiger partial charge in [0.25, 0.3) is 0 Å². The zero-order valence-electron chi connectivity index (χ0n) is 10.7. The van der Waals surface area contributed by atoms with E-state index in [9.17, 15) is 8.78 Å². The molecule has 0 aliphatic heterocycles. The van der Waals surface area contributed by atoms with E-state index in [1.807, 2.05) is 13.8 Å². The maximum Gasteiger partial charge on any atom is 0.133 e. The van der Waals surface area contributed by atoms with Gasteiger partial charge in [-0.3, -0.25) is 0 Å². The lowest BCUT2D eigenvalue weighted by Crippen LogP contribution is -2.29. The van der Waals surface area contributed by atoms with E-state index >= 15 is 0 Å². The van der Waals surface area contributed by atoms with Gasteiger partial charge in [-0.15, -0.1) is 0 Å². The number of methoxy groups -OCH3 is 1. The average Bonchev–Trinajstić information content (AvgIpc) is 2.23. The molecule has 0 aliphatic carbocycles. The predicted octanol–water partition coefficient (Wildman–Crippen LogP) is 3.09. The van der Waals surface area contributed by atoms with Crippen molar-refractivity contribution < 1.29 is 13.5 Å². The van der Waals surface area contributed by atoms with Gasteiger partial charge in [0.2, 0.25) is 0 Å². The molecule has 0 radical (unpaired) electrons. The maximum absolute atomic E-state index is 13.8. The summed E-state index contributed by atoms with van der Waals surface area (Å²) in [5, 5.41) is 0. The number of hydrogen-bond donors (Lipinski definition) is 1. The molecule has 0 aliphatic rings. The molecule has 4 heteroatoms. The maximum atomic E-state index is 13.8. The summed E-state index contributed by atoms with van der Waals surface area (Å²) >= 11 is 0. The van der Waals surface area contributed by atoms with Crippen LogP contribution in [0.1, 0.15) is 37.4 Å². The highest BCUT2D eigenvalue weighted by Gasteiger charge is 2.26. The van der Waals surface area contributed by atoms with Gasteiger partial charge in [-0.05, 0) is 38.8 Å². The molecular weight excluding hydrogens is 224 g/mol. The first-order chi connectivity index (χ1) is 7.78. The van der Waals surface area contributed by atoms with Gasteiger partial charge in [0.1, 0.15) is 11.6 Å². The molecule has 0 fully saturated rings. The Hall–Kier alpha value is -1.00. The molecule has 1 rings (SSSR count). The Bertz CT molecular complexity index is 405. The van der Waals surface area contributed by atoms with Crippen LogP contribution >= 0.6 is 0 Å². The quantitative estimate of drug-likeness (QED) is 0.882. The summed E-state index contributed by atoms with van der Waals surface area (Å²) in [5.41, 5.74) is 5.69. The van der Waals surface area contributed by atoms with Crippen LogP contribution in [0.2, 0.25) is 0 Å². The molecule has 0 heterocycles. The Morgan fingerprint density at radius 3 is 2.47 bits per heavy atom. The van der Waals surface area contributed by atoms with Crippen LogP contribution < -0.4 is 5.73 Å². The monoisotopic (exact) mass is 243 g/mol. The summed E-state index contributed by atoms with van der Waals surface area (Å²) in [7, 11) is 1.55. The van der Waals surface area contributed by atoms with Gasteiger partial charge < -0.3 is 10.5 Å². The lowest BCUT2D eigenvalue weighted by molar-refractivity contribution is 0.00949. The molecule has 2 N–H and O–H groups in total. The van der Waals surface area contributed by atoms with E-state index in [0.717, 1.165) is 0 Å². The number of hydrogen-bond acceptors (Lipinski definition) is 2. The molecule has 0 aromatic heterocycles. The fourth-order valence-corrected chi connectivity index (χ4v) is 1.73. The zero-order valence-corrected chi connectivity index (χ0v) is 10.7. The zero-order chi connectivity index (χ0) is 13.2. The molecule has 0 saturated carbocycles. The molecule has 1 aromatic rings. The molecule has 0 amide bonds. The summed E-state index contributed by atoms with van der Waals surface area (Å²) in [5.74, 6) is -1.17. The lowest BCUT2D eigenvalue weighted by Gasteiger charge is -2.27. The topological polar surface area (TPSA) is 35.2 Å². The van der Waals surface area contributed by atoms with Crippen molar-refractivity contribution in [1.29, 1.82) is 0 Å². The van der Waals surface area contributed by atoms with Gasteiger partial charge >= 0.3 is 0 Å². The standard InChI is InChI=1S/C13H19F2NO/c1-8-5-6-9(14)11(12(8)15)10(16)7-13(2,3)17-4/h5-6,10H,7,16H2,1-4H3. The minimum atomic E-state index is -0.718. The first kappa shape index (κ1) is 14.1. The van der Waals surface area contributed by atoms with Crippen molar-refractivity contribution in [2.45, 2.75) is 38.8 Å². The van der Waals surface area contributed by atoms with Gasteiger partial charge in [0, 0.05) is 18.7 Å². The van der Waals surface area contributed by atoms with Crippen molar-refractivity contribution in [3.05, 3.63) is 34.9 Å². The second-order valence-corrected chi connectivity index (χ2v) is 4.87. The van der Waals surface area contributed by atoms with E-state index in [-0.39, 0.29) is 5.56 Å². The summed E-state index contributed by atoms with van der Waals surface area (Å²) in [6, 6.07) is 1.93. The van der Waals surface area contributed by atoms with Gasteiger partial charge in [0.15, 0.2) is 0 Å². The van der Waals surface area contributed by atoms with Crippen LogP contribution in [0.3, 0.4) is 0 Å². The number of aryl methyl sites for hydroxylation is 1. The number of ether oxygens (including phenoxy) is 1. The lowest BCUT2D eigenvalue weighted by atomic mass is 9.92. The van der Waals surface area contributed by atoms with Crippen molar-refractivity contribution in [2.75, 3.05) is 7.11 Å². The van der Waals surface area contributed by atoms with Crippen molar-refractivity contribution in [3.8, 4) is 0 Å². The van der Waals surface area contributed by atoms with Crippen LogP contribution in [-0.2, 0) is 4.74 Å². The molecule has 1 aromatic carbocycles. The van der Waals surface area contributed by atoms with Gasteiger partial charge in [-0.2, -0.15) is 0 Å². The summed E-state index contributed by atoms with van der Waals surface area (Å²) in [6.45, 7) is 5.25. The van der Waals surface area contributed by atoms with Crippen LogP contribution in [0.5, 0.6) is 0 Å².